The number of anilines is 2. The molecular formula is C23H21FN2O4. The number of hydrogen-bond acceptors (Lipinski definition) is 4. The summed E-state index contributed by atoms with van der Waals surface area (Å²) in [5, 5.41) is 5.46. The van der Waals surface area contributed by atoms with Crippen LogP contribution in [-0.4, -0.2) is 26.0 Å². The highest BCUT2D eigenvalue weighted by atomic mass is 19.1. The van der Waals surface area contributed by atoms with Crippen LogP contribution in [0.15, 0.2) is 60.7 Å². The van der Waals surface area contributed by atoms with Gasteiger partial charge in [-0.3, -0.25) is 9.59 Å². The number of methoxy groups -OCH3 is 2. The Bertz CT molecular complexity index is 1100. The highest BCUT2D eigenvalue weighted by Crippen LogP contribution is 2.29. The molecule has 0 heterocycles. The number of nitrogens with one attached hydrogen (secondary N) is 2. The van der Waals surface area contributed by atoms with Crippen molar-refractivity contribution < 1.29 is 23.5 Å². The summed E-state index contributed by atoms with van der Waals surface area (Å²) in [5.74, 6) is -0.334. The maximum atomic E-state index is 13.4. The van der Waals surface area contributed by atoms with E-state index in [1.54, 1.807) is 43.5 Å². The molecule has 2 amide bonds. The van der Waals surface area contributed by atoms with Gasteiger partial charge in [0.25, 0.3) is 11.8 Å². The minimum Gasteiger partial charge on any atom is -0.496 e. The van der Waals surface area contributed by atoms with Crippen LogP contribution >= 0.6 is 0 Å². The fourth-order valence-corrected chi connectivity index (χ4v) is 2.87. The summed E-state index contributed by atoms with van der Waals surface area (Å²) in [4.78, 5) is 25.1. The molecule has 0 unspecified atom stereocenters. The highest BCUT2D eigenvalue weighted by Gasteiger charge is 2.14. The summed E-state index contributed by atoms with van der Waals surface area (Å²) in [6.07, 6.45) is 0. The van der Waals surface area contributed by atoms with E-state index < -0.39 is 11.7 Å². The summed E-state index contributed by atoms with van der Waals surface area (Å²) in [6.45, 7) is 1.89. The maximum Gasteiger partial charge on any atom is 0.255 e. The van der Waals surface area contributed by atoms with Gasteiger partial charge in [-0.1, -0.05) is 12.1 Å². The largest absolute Gasteiger partial charge is 0.496 e. The Hall–Kier alpha value is -3.87. The molecule has 3 rings (SSSR count). The third-order valence-electron chi connectivity index (χ3n) is 4.46. The molecule has 0 aliphatic heterocycles. The van der Waals surface area contributed by atoms with E-state index in [2.05, 4.69) is 10.6 Å². The van der Waals surface area contributed by atoms with Crippen LogP contribution in [0.5, 0.6) is 11.5 Å². The van der Waals surface area contributed by atoms with E-state index in [0.29, 0.717) is 28.4 Å². The molecular weight excluding hydrogens is 387 g/mol. The molecule has 0 radical (unpaired) electrons. The summed E-state index contributed by atoms with van der Waals surface area (Å²) in [6, 6.07) is 15.3. The number of rotatable bonds is 6. The molecule has 0 aliphatic carbocycles. The first-order valence-corrected chi connectivity index (χ1v) is 9.12. The molecule has 7 heteroatoms. The number of ether oxygens (including phenoxy) is 2. The van der Waals surface area contributed by atoms with Crippen molar-refractivity contribution in [2.45, 2.75) is 6.92 Å². The summed E-state index contributed by atoms with van der Waals surface area (Å²) in [5.41, 5.74) is 2.30. The minimum atomic E-state index is -0.510. The molecule has 0 fully saturated rings. The van der Waals surface area contributed by atoms with Gasteiger partial charge < -0.3 is 20.1 Å². The zero-order chi connectivity index (χ0) is 21.7. The SMILES string of the molecule is COc1cc(C(=O)Nc2ccc(OC)c(NC(=O)c3cccc(F)c3)c2)ccc1C. The first kappa shape index (κ1) is 20.9. The van der Waals surface area contributed by atoms with Gasteiger partial charge in [-0.15, -0.1) is 0 Å². The first-order chi connectivity index (χ1) is 14.4. The van der Waals surface area contributed by atoms with E-state index >= 15 is 0 Å². The Labute approximate surface area is 173 Å². The number of aryl methyl sites for hydroxylation is 1. The second-order valence-electron chi connectivity index (χ2n) is 6.52. The highest BCUT2D eigenvalue weighted by molar-refractivity contribution is 6.07. The van der Waals surface area contributed by atoms with Crippen LogP contribution in [0.1, 0.15) is 26.3 Å². The number of halogens is 1. The van der Waals surface area contributed by atoms with E-state index in [-0.39, 0.29) is 11.5 Å². The van der Waals surface area contributed by atoms with Crippen molar-refractivity contribution in [2.24, 2.45) is 0 Å². The van der Waals surface area contributed by atoms with Crippen LogP contribution in [0.2, 0.25) is 0 Å². The summed E-state index contributed by atoms with van der Waals surface area (Å²) < 4.78 is 23.9. The van der Waals surface area contributed by atoms with E-state index in [1.807, 2.05) is 6.92 Å². The molecule has 0 aliphatic rings. The standard InChI is InChI=1S/C23H21FN2O4/c1-14-7-8-16(12-21(14)30-3)22(27)25-18-9-10-20(29-2)19(13-18)26-23(28)15-5-4-6-17(24)11-15/h4-13H,1-3H3,(H,25,27)(H,26,28). The van der Waals surface area contributed by atoms with Crippen molar-refractivity contribution in [3.8, 4) is 11.5 Å². The van der Waals surface area contributed by atoms with Gasteiger partial charge in [0.15, 0.2) is 0 Å². The first-order valence-electron chi connectivity index (χ1n) is 9.12. The lowest BCUT2D eigenvalue weighted by Gasteiger charge is -2.13. The van der Waals surface area contributed by atoms with Gasteiger partial charge in [0, 0.05) is 16.8 Å². The Balaban J connectivity index is 1.82. The van der Waals surface area contributed by atoms with E-state index in [9.17, 15) is 14.0 Å². The zero-order valence-electron chi connectivity index (χ0n) is 16.8. The van der Waals surface area contributed by atoms with Crippen molar-refractivity contribution in [1.82, 2.24) is 0 Å². The third kappa shape index (κ3) is 4.75. The molecule has 0 saturated carbocycles. The molecule has 154 valence electrons. The smallest absolute Gasteiger partial charge is 0.255 e. The molecule has 6 nitrogen and oxygen atoms in total. The van der Waals surface area contributed by atoms with Gasteiger partial charge in [-0.2, -0.15) is 0 Å². The fourth-order valence-electron chi connectivity index (χ4n) is 2.87. The number of benzene rings is 3. The fraction of sp³-hybridized carbons (Fsp3) is 0.130. The zero-order valence-corrected chi connectivity index (χ0v) is 16.8. The van der Waals surface area contributed by atoms with Gasteiger partial charge >= 0.3 is 0 Å². The van der Waals surface area contributed by atoms with Crippen LogP contribution in [0, 0.1) is 12.7 Å². The lowest BCUT2D eigenvalue weighted by molar-refractivity contribution is 0.101. The predicted octanol–water partition coefficient (Wildman–Crippen LogP) is 4.66. The number of carbonyl (C=O) groups excluding carboxylic acids is 2. The topological polar surface area (TPSA) is 76.7 Å². The number of hydrogen-bond donors (Lipinski definition) is 2. The molecule has 0 spiro atoms. The van der Waals surface area contributed by atoms with Crippen LogP contribution in [0.4, 0.5) is 15.8 Å². The molecule has 0 saturated heterocycles. The molecule has 3 aromatic carbocycles. The Morgan fingerprint density at radius 1 is 0.800 bits per heavy atom. The normalized spacial score (nSPS) is 10.3. The van der Waals surface area contributed by atoms with Gasteiger partial charge in [-0.25, -0.2) is 4.39 Å². The Kier molecular flexibility index (Phi) is 6.32. The van der Waals surface area contributed by atoms with Crippen LogP contribution in [0.25, 0.3) is 0 Å². The minimum absolute atomic E-state index is 0.165. The van der Waals surface area contributed by atoms with Crippen molar-refractivity contribution in [1.29, 1.82) is 0 Å². The average Bonchev–Trinajstić information content (AvgIpc) is 2.74. The average molecular weight is 408 g/mol. The van der Waals surface area contributed by atoms with Crippen molar-refractivity contribution in [2.75, 3.05) is 24.9 Å². The van der Waals surface area contributed by atoms with Crippen LogP contribution in [-0.2, 0) is 0 Å². The molecule has 0 bridgehead atoms. The number of carbonyl (C=O) groups is 2. The maximum absolute atomic E-state index is 13.4. The van der Waals surface area contributed by atoms with Gasteiger partial charge in [-0.05, 0) is 61.0 Å². The van der Waals surface area contributed by atoms with Crippen molar-refractivity contribution >= 4 is 23.2 Å². The van der Waals surface area contributed by atoms with Gasteiger partial charge in [0.05, 0.1) is 19.9 Å². The van der Waals surface area contributed by atoms with Crippen LogP contribution in [0.3, 0.4) is 0 Å². The molecule has 2 N–H and O–H groups in total. The Morgan fingerprint density at radius 2 is 1.50 bits per heavy atom. The van der Waals surface area contributed by atoms with Crippen molar-refractivity contribution in [3.05, 3.63) is 83.2 Å². The van der Waals surface area contributed by atoms with Gasteiger partial charge in [0.1, 0.15) is 17.3 Å². The number of amides is 2. The quantitative estimate of drug-likeness (QED) is 0.622. The molecule has 30 heavy (non-hydrogen) atoms. The monoisotopic (exact) mass is 408 g/mol. The molecule has 0 atom stereocenters. The van der Waals surface area contributed by atoms with E-state index in [0.717, 1.165) is 11.6 Å². The van der Waals surface area contributed by atoms with Crippen LogP contribution < -0.4 is 20.1 Å². The molecule has 0 aromatic heterocycles. The summed E-state index contributed by atoms with van der Waals surface area (Å²) >= 11 is 0. The molecule has 3 aromatic rings. The third-order valence-corrected chi connectivity index (χ3v) is 4.46. The van der Waals surface area contributed by atoms with E-state index in [4.69, 9.17) is 9.47 Å². The summed E-state index contributed by atoms with van der Waals surface area (Å²) in [7, 11) is 3.01. The second-order valence-corrected chi connectivity index (χ2v) is 6.52. The van der Waals surface area contributed by atoms with E-state index in [1.165, 1.54) is 25.3 Å². The van der Waals surface area contributed by atoms with Crippen molar-refractivity contribution in [3.63, 3.8) is 0 Å². The van der Waals surface area contributed by atoms with Gasteiger partial charge in [0.2, 0.25) is 0 Å². The lowest BCUT2D eigenvalue weighted by atomic mass is 10.1. The lowest BCUT2D eigenvalue weighted by Crippen LogP contribution is -2.15. The predicted molar refractivity (Wildman–Crippen MR) is 113 cm³/mol. The second kappa shape index (κ2) is 9.09. The Morgan fingerprint density at radius 3 is 2.20 bits per heavy atom.